The Morgan fingerprint density at radius 1 is 0.561 bits per heavy atom. The molecule has 0 amide bonds. The summed E-state index contributed by atoms with van der Waals surface area (Å²) >= 11 is 2.34. The standard InChI is InChI=1S/2C22H33N3O5S3/c2*1-17(2)16-32(27,28)23-14-20-15-24(33(29,30)21-6-5-13-31-21)11-12-25(20)19-9-7-18(8-10-19)22(3,4)26/h2*5-10,13,17,20,23,26H,11-12,14-16H2,1-4H3/t2*20-/m00/s1. The van der Waals surface area contributed by atoms with E-state index >= 15 is 0 Å². The van der Waals surface area contributed by atoms with Crippen molar-refractivity contribution in [3.8, 4) is 0 Å². The summed E-state index contributed by atoms with van der Waals surface area (Å²) in [6.45, 7) is 16.1. The highest BCUT2D eigenvalue weighted by molar-refractivity contribution is 7.91. The minimum absolute atomic E-state index is 0.0111. The number of sulfonamides is 4. The Morgan fingerprint density at radius 3 is 1.17 bits per heavy atom. The summed E-state index contributed by atoms with van der Waals surface area (Å²) in [7, 11) is -14.2. The molecule has 2 aliphatic rings. The highest BCUT2D eigenvalue weighted by Gasteiger charge is 2.37. The van der Waals surface area contributed by atoms with Gasteiger partial charge in [0.2, 0.25) is 20.0 Å². The molecule has 0 radical (unpaired) electrons. The van der Waals surface area contributed by atoms with E-state index in [1.54, 1.807) is 62.7 Å². The Kier molecular flexibility index (Phi) is 17.8. The minimum Gasteiger partial charge on any atom is -0.386 e. The van der Waals surface area contributed by atoms with Crippen LogP contribution in [0.4, 0.5) is 11.4 Å². The van der Waals surface area contributed by atoms with Gasteiger partial charge in [-0.3, -0.25) is 0 Å². The molecule has 22 heteroatoms. The van der Waals surface area contributed by atoms with Crippen molar-refractivity contribution in [1.29, 1.82) is 0 Å². The quantitative estimate of drug-likeness (QED) is 0.105. The van der Waals surface area contributed by atoms with Gasteiger partial charge in [-0.25, -0.2) is 43.1 Å². The Labute approximate surface area is 400 Å². The third-order valence-corrected chi connectivity index (χ3v) is 21.0. The van der Waals surface area contributed by atoms with Crippen LogP contribution < -0.4 is 19.2 Å². The maximum Gasteiger partial charge on any atom is 0.252 e. The average Bonchev–Trinajstić information content (AvgIpc) is 3.98. The molecule has 6 rings (SSSR count). The van der Waals surface area contributed by atoms with Gasteiger partial charge in [0.15, 0.2) is 0 Å². The minimum atomic E-state index is -3.64. The molecule has 66 heavy (non-hydrogen) atoms. The van der Waals surface area contributed by atoms with E-state index in [0.29, 0.717) is 26.2 Å². The van der Waals surface area contributed by atoms with Crippen LogP contribution in [0.5, 0.6) is 0 Å². The zero-order valence-electron chi connectivity index (χ0n) is 38.9. The van der Waals surface area contributed by atoms with Crippen LogP contribution in [0.1, 0.15) is 66.5 Å². The summed E-state index contributed by atoms with van der Waals surface area (Å²) in [6.07, 6.45) is 0. The smallest absolute Gasteiger partial charge is 0.252 e. The first-order valence-corrected chi connectivity index (χ1v) is 29.7. The third-order valence-electron chi connectivity index (χ3n) is 11.1. The van der Waals surface area contributed by atoms with Crippen LogP contribution in [0.25, 0.3) is 0 Å². The lowest BCUT2D eigenvalue weighted by Gasteiger charge is -2.42. The van der Waals surface area contributed by atoms with Gasteiger partial charge in [-0.05, 0) is 97.8 Å². The number of piperazine rings is 2. The summed E-state index contributed by atoms with van der Waals surface area (Å²) in [6, 6.07) is 20.7. The molecule has 2 atom stereocenters. The molecular weight excluding hydrogens is 965 g/mol. The van der Waals surface area contributed by atoms with Gasteiger partial charge in [0.05, 0.1) is 34.8 Å². The van der Waals surface area contributed by atoms with Gasteiger partial charge in [0, 0.05) is 63.7 Å². The zero-order chi connectivity index (χ0) is 48.9. The summed E-state index contributed by atoms with van der Waals surface area (Å²) in [4.78, 5) is 4.07. The molecule has 2 aromatic heterocycles. The molecule has 0 aliphatic carbocycles. The molecular formula is C44H66N6O10S6. The van der Waals surface area contributed by atoms with Gasteiger partial charge >= 0.3 is 0 Å². The van der Waals surface area contributed by atoms with Crippen molar-refractivity contribution < 1.29 is 43.9 Å². The highest BCUT2D eigenvalue weighted by atomic mass is 32.3. The number of hydrogen-bond acceptors (Lipinski definition) is 14. The number of aliphatic hydroxyl groups is 2. The van der Waals surface area contributed by atoms with Gasteiger partial charge in [0.25, 0.3) is 20.0 Å². The van der Waals surface area contributed by atoms with Crippen LogP contribution in [-0.4, -0.2) is 128 Å². The monoisotopic (exact) mass is 1030 g/mol. The first-order chi connectivity index (χ1) is 30.6. The van der Waals surface area contributed by atoms with Crippen LogP contribution in [0.15, 0.2) is 92.0 Å². The maximum atomic E-state index is 13.1. The fraction of sp³-hybridized carbons (Fsp3) is 0.545. The summed E-state index contributed by atoms with van der Waals surface area (Å²) in [5.41, 5.74) is 1.28. The van der Waals surface area contributed by atoms with E-state index in [-0.39, 0.29) is 70.0 Å². The molecule has 16 nitrogen and oxygen atoms in total. The Morgan fingerprint density at radius 2 is 0.894 bits per heavy atom. The Bertz CT molecular complexity index is 2430. The maximum absolute atomic E-state index is 13.1. The summed E-state index contributed by atoms with van der Waals surface area (Å²) < 4.78 is 111. The number of thiophene rings is 2. The van der Waals surface area contributed by atoms with Crippen molar-refractivity contribution >= 4 is 74.1 Å². The second-order valence-electron chi connectivity index (χ2n) is 18.5. The van der Waals surface area contributed by atoms with Gasteiger partial charge in [-0.1, -0.05) is 64.1 Å². The van der Waals surface area contributed by atoms with Crippen LogP contribution in [-0.2, 0) is 51.3 Å². The molecule has 4 aromatic rings. The Hall–Kier alpha value is -3.00. The molecule has 368 valence electrons. The van der Waals surface area contributed by atoms with Crippen LogP contribution >= 0.6 is 22.7 Å². The van der Waals surface area contributed by atoms with E-state index < -0.39 is 51.3 Å². The first-order valence-electron chi connectivity index (χ1n) is 21.8. The molecule has 0 saturated carbocycles. The topological polar surface area (TPSA) is 214 Å². The lowest BCUT2D eigenvalue weighted by atomic mass is 9.98. The van der Waals surface area contributed by atoms with Gasteiger partial charge in [0.1, 0.15) is 8.42 Å². The van der Waals surface area contributed by atoms with E-state index in [0.717, 1.165) is 22.5 Å². The van der Waals surface area contributed by atoms with Crippen molar-refractivity contribution in [2.75, 3.05) is 73.7 Å². The SMILES string of the molecule is CC(C)CS(=O)(=O)NC[C@H]1CN(S(=O)(=O)c2cccs2)CCN1c1ccc(C(C)(C)O)cc1.CC(C)CS(=O)(=O)NC[C@H]1CN(S(=O)(=O)c2cccs2)CCN1c1ccc(C(C)(C)O)cc1. The van der Waals surface area contributed by atoms with Crippen LogP contribution in [0, 0.1) is 11.8 Å². The highest BCUT2D eigenvalue weighted by Crippen LogP contribution is 2.31. The van der Waals surface area contributed by atoms with Gasteiger partial charge in [-0.2, -0.15) is 8.61 Å². The Balaban J connectivity index is 0.000000247. The van der Waals surface area contributed by atoms with E-state index in [2.05, 4.69) is 9.44 Å². The van der Waals surface area contributed by atoms with E-state index in [1.165, 1.54) is 31.3 Å². The van der Waals surface area contributed by atoms with Gasteiger partial charge < -0.3 is 20.0 Å². The second kappa shape index (κ2) is 21.7. The molecule has 2 saturated heterocycles. The number of rotatable bonds is 18. The number of hydrogen-bond donors (Lipinski definition) is 4. The van der Waals surface area contributed by atoms with Crippen LogP contribution in [0.2, 0.25) is 0 Å². The lowest BCUT2D eigenvalue weighted by molar-refractivity contribution is 0.0780. The largest absolute Gasteiger partial charge is 0.386 e. The second-order valence-corrected chi connectivity index (χ2v) is 28.5. The number of nitrogens with one attached hydrogen (secondary N) is 2. The third kappa shape index (κ3) is 14.5. The predicted molar refractivity (Wildman–Crippen MR) is 265 cm³/mol. The predicted octanol–water partition coefficient (Wildman–Crippen LogP) is 4.86. The first kappa shape index (κ1) is 53.9. The molecule has 0 unspecified atom stereocenters. The number of nitrogens with zero attached hydrogens (tertiary/aromatic N) is 4. The molecule has 2 aliphatic heterocycles. The summed E-state index contributed by atoms with van der Waals surface area (Å²) in [5, 5.41) is 23.9. The zero-order valence-corrected chi connectivity index (χ0v) is 43.8. The molecule has 2 aromatic carbocycles. The average molecular weight is 1030 g/mol. The van der Waals surface area contributed by atoms with E-state index in [1.807, 2.05) is 86.0 Å². The molecule has 4 N–H and O–H groups in total. The number of benzene rings is 2. The van der Waals surface area contributed by atoms with E-state index in [9.17, 15) is 43.9 Å². The number of anilines is 2. The van der Waals surface area contributed by atoms with Crippen LogP contribution in [0.3, 0.4) is 0 Å². The summed E-state index contributed by atoms with van der Waals surface area (Å²) in [5.74, 6) is -0.0147. The fourth-order valence-corrected chi connectivity index (χ4v) is 15.9. The normalized spacial score (nSPS) is 18.7. The van der Waals surface area contributed by atoms with Crippen molar-refractivity contribution in [3.63, 3.8) is 0 Å². The van der Waals surface area contributed by atoms with Crippen molar-refractivity contribution in [1.82, 2.24) is 18.1 Å². The van der Waals surface area contributed by atoms with E-state index in [4.69, 9.17) is 0 Å². The molecule has 4 heterocycles. The van der Waals surface area contributed by atoms with Crippen molar-refractivity contribution in [3.05, 3.63) is 94.7 Å². The lowest BCUT2D eigenvalue weighted by Crippen LogP contribution is -2.58. The van der Waals surface area contributed by atoms with Crippen molar-refractivity contribution in [2.45, 2.75) is 87.1 Å². The van der Waals surface area contributed by atoms with Crippen molar-refractivity contribution in [2.24, 2.45) is 11.8 Å². The molecule has 0 spiro atoms. The molecule has 2 fully saturated rings. The van der Waals surface area contributed by atoms with Gasteiger partial charge in [-0.15, -0.1) is 22.7 Å². The fourth-order valence-electron chi connectivity index (χ4n) is 7.76. The molecule has 0 bridgehead atoms.